The van der Waals surface area contributed by atoms with Crippen LogP contribution in [0.25, 0.3) is 0 Å². The number of carbonyl (C=O) groups is 1. The van der Waals surface area contributed by atoms with Crippen molar-refractivity contribution < 1.29 is 28.2 Å². The van der Waals surface area contributed by atoms with E-state index in [9.17, 15) is 4.79 Å². The molecular formula is C27H33N3O6. The topological polar surface area (TPSA) is 85.6 Å². The summed E-state index contributed by atoms with van der Waals surface area (Å²) in [5.74, 6) is 2.60. The molecule has 0 aliphatic carbocycles. The van der Waals surface area contributed by atoms with Crippen LogP contribution in [0.15, 0.2) is 59.2 Å². The minimum atomic E-state index is -0.263. The number of carbonyl (C=O) groups excluding carboxylic acids is 1. The van der Waals surface area contributed by atoms with Crippen LogP contribution in [-0.2, 0) is 0 Å². The van der Waals surface area contributed by atoms with Gasteiger partial charge in [0.1, 0.15) is 11.5 Å². The van der Waals surface area contributed by atoms with E-state index in [4.69, 9.17) is 23.4 Å². The Morgan fingerprint density at radius 1 is 0.889 bits per heavy atom. The molecule has 36 heavy (non-hydrogen) atoms. The fourth-order valence-electron chi connectivity index (χ4n) is 4.54. The fraction of sp³-hybridized carbons (Fsp3) is 0.370. The van der Waals surface area contributed by atoms with Crippen LogP contribution in [0.3, 0.4) is 0 Å². The van der Waals surface area contributed by atoms with Gasteiger partial charge in [0.2, 0.25) is 5.75 Å². The van der Waals surface area contributed by atoms with Gasteiger partial charge >= 0.3 is 0 Å². The van der Waals surface area contributed by atoms with E-state index in [1.165, 1.54) is 19.9 Å². The smallest absolute Gasteiger partial charge is 0.255 e. The molecule has 1 fully saturated rings. The number of piperazine rings is 1. The highest BCUT2D eigenvalue weighted by Gasteiger charge is 2.28. The SMILES string of the molecule is COc1ccc(N2CCN(C(CNC(=O)c3ccc(OC)c(OC)c3OC)c3ccco3)CC2)cc1. The number of hydrogen-bond acceptors (Lipinski definition) is 8. The second-order valence-corrected chi connectivity index (χ2v) is 8.34. The van der Waals surface area contributed by atoms with E-state index in [-0.39, 0.29) is 11.9 Å². The van der Waals surface area contributed by atoms with E-state index < -0.39 is 0 Å². The Hall–Kier alpha value is -3.85. The predicted octanol–water partition coefficient (Wildman–Crippen LogP) is 3.61. The zero-order valence-corrected chi connectivity index (χ0v) is 21.2. The first-order valence-electron chi connectivity index (χ1n) is 11.8. The number of furan rings is 1. The van der Waals surface area contributed by atoms with Crippen molar-refractivity contribution in [2.24, 2.45) is 0 Å². The molecule has 0 saturated carbocycles. The van der Waals surface area contributed by atoms with Gasteiger partial charge in [-0.2, -0.15) is 0 Å². The molecule has 2 heterocycles. The van der Waals surface area contributed by atoms with Crippen LogP contribution in [0, 0.1) is 0 Å². The molecule has 192 valence electrons. The van der Waals surface area contributed by atoms with Gasteiger partial charge in [-0.1, -0.05) is 0 Å². The van der Waals surface area contributed by atoms with Crippen LogP contribution in [0.4, 0.5) is 5.69 Å². The van der Waals surface area contributed by atoms with Crippen molar-refractivity contribution in [2.45, 2.75) is 6.04 Å². The second kappa shape index (κ2) is 11.7. The molecular weight excluding hydrogens is 462 g/mol. The molecule has 0 spiro atoms. The van der Waals surface area contributed by atoms with Crippen LogP contribution in [0.2, 0.25) is 0 Å². The lowest BCUT2D eigenvalue weighted by atomic mass is 10.1. The van der Waals surface area contributed by atoms with E-state index in [1.54, 1.807) is 32.6 Å². The van der Waals surface area contributed by atoms with Crippen molar-refractivity contribution in [2.75, 3.05) is 66.1 Å². The second-order valence-electron chi connectivity index (χ2n) is 8.34. The van der Waals surface area contributed by atoms with E-state index in [2.05, 4.69) is 27.2 Å². The first-order chi connectivity index (χ1) is 17.6. The third-order valence-corrected chi connectivity index (χ3v) is 6.47. The summed E-state index contributed by atoms with van der Waals surface area (Å²) in [7, 11) is 6.23. The molecule has 4 rings (SSSR count). The normalized spacial score (nSPS) is 14.7. The average Bonchev–Trinajstić information content (AvgIpc) is 3.47. The molecule has 0 radical (unpaired) electrons. The summed E-state index contributed by atoms with van der Waals surface area (Å²) >= 11 is 0. The molecule has 1 unspecified atom stereocenters. The van der Waals surface area contributed by atoms with Crippen molar-refractivity contribution in [1.29, 1.82) is 0 Å². The lowest BCUT2D eigenvalue weighted by Gasteiger charge is -2.39. The third-order valence-electron chi connectivity index (χ3n) is 6.47. The van der Waals surface area contributed by atoms with Gasteiger partial charge in [0, 0.05) is 38.4 Å². The standard InChI is InChI=1S/C27H33N3O6/c1-32-20-9-7-19(8-10-20)29-13-15-30(16-14-29)22(23-6-5-17-36-23)18-28-27(31)21-11-12-24(33-2)26(35-4)25(21)34-3/h5-12,17,22H,13-16,18H2,1-4H3,(H,28,31). The van der Waals surface area contributed by atoms with Gasteiger partial charge in [-0.25, -0.2) is 0 Å². The minimum absolute atomic E-state index is 0.104. The lowest BCUT2D eigenvalue weighted by molar-refractivity contribution is 0.0919. The molecule has 9 heteroatoms. The Morgan fingerprint density at radius 2 is 1.61 bits per heavy atom. The fourth-order valence-corrected chi connectivity index (χ4v) is 4.54. The van der Waals surface area contributed by atoms with Gasteiger partial charge in [-0.05, 0) is 48.5 Å². The van der Waals surface area contributed by atoms with Crippen LogP contribution in [0.5, 0.6) is 23.0 Å². The van der Waals surface area contributed by atoms with Gasteiger partial charge in [0.15, 0.2) is 11.5 Å². The molecule has 2 aromatic carbocycles. The summed E-state index contributed by atoms with van der Waals surface area (Å²) in [5, 5.41) is 3.06. The Morgan fingerprint density at radius 3 is 2.19 bits per heavy atom. The largest absolute Gasteiger partial charge is 0.497 e. The Labute approximate surface area is 211 Å². The van der Waals surface area contributed by atoms with Crippen LogP contribution in [0.1, 0.15) is 22.2 Å². The molecule has 1 aliphatic heterocycles. The average molecular weight is 496 g/mol. The highest BCUT2D eigenvalue weighted by molar-refractivity contribution is 5.98. The number of benzene rings is 2. The summed E-state index contributed by atoms with van der Waals surface area (Å²) in [6.07, 6.45) is 1.66. The Balaban J connectivity index is 1.45. The van der Waals surface area contributed by atoms with E-state index >= 15 is 0 Å². The van der Waals surface area contributed by atoms with Crippen LogP contribution < -0.4 is 29.2 Å². The minimum Gasteiger partial charge on any atom is -0.497 e. The van der Waals surface area contributed by atoms with Crippen LogP contribution in [-0.4, -0.2) is 72.0 Å². The van der Waals surface area contributed by atoms with E-state index in [1.807, 2.05) is 24.3 Å². The van der Waals surface area contributed by atoms with E-state index in [0.29, 0.717) is 29.4 Å². The summed E-state index contributed by atoms with van der Waals surface area (Å²) in [6.45, 7) is 3.76. The maximum Gasteiger partial charge on any atom is 0.255 e. The number of anilines is 1. The number of nitrogens with one attached hydrogen (secondary N) is 1. The third kappa shape index (κ3) is 5.36. The zero-order valence-electron chi connectivity index (χ0n) is 21.2. The molecule has 1 saturated heterocycles. The molecule has 9 nitrogen and oxygen atoms in total. The number of hydrogen-bond donors (Lipinski definition) is 1. The molecule has 3 aromatic rings. The van der Waals surface area contributed by atoms with E-state index in [0.717, 1.165) is 37.7 Å². The van der Waals surface area contributed by atoms with Gasteiger partial charge < -0.3 is 33.6 Å². The van der Waals surface area contributed by atoms with Crippen molar-refractivity contribution in [3.63, 3.8) is 0 Å². The van der Waals surface area contributed by atoms with Crippen LogP contribution >= 0.6 is 0 Å². The molecule has 1 atom stereocenters. The van der Waals surface area contributed by atoms with Gasteiger partial charge in [0.05, 0.1) is 46.3 Å². The predicted molar refractivity (Wildman–Crippen MR) is 137 cm³/mol. The van der Waals surface area contributed by atoms with Gasteiger partial charge in [-0.15, -0.1) is 0 Å². The number of amides is 1. The Kier molecular flexibility index (Phi) is 8.22. The monoisotopic (exact) mass is 495 g/mol. The first kappa shape index (κ1) is 25.2. The summed E-state index contributed by atoms with van der Waals surface area (Å²) in [4.78, 5) is 17.9. The molecule has 1 N–H and O–H groups in total. The highest BCUT2D eigenvalue weighted by Crippen LogP contribution is 2.39. The number of ether oxygens (including phenoxy) is 4. The van der Waals surface area contributed by atoms with Crippen molar-refractivity contribution in [1.82, 2.24) is 10.2 Å². The molecule has 1 amide bonds. The number of methoxy groups -OCH3 is 4. The maximum absolute atomic E-state index is 13.2. The zero-order chi connectivity index (χ0) is 25.5. The first-order valence-corrected chi connectivity index (χ1v) is 11.8. The number of rotatable bonds is 10. The van der Waals surface area contributed by atoms with Gasteiger partial charge in [0.25, 0.3) is 5.91 Å². The van der Waals surface area contributed by atoms with Crippen molar-refractivity contribution in [3.8, 4) is 23.0 Å². The Bertz CT molecular complexity index is 1130. The summed E-state index contributed by atoms with van der Waals surface area (Å²) < 4.78 is 27.3. The summed E-state index contributed by atoms with van der Waals surface area (Å²) in [5.41, 5.74) is 1.54. The molecule has 0 bridgehead atoms. The highest BCUT2D eigenvalue weighted by atomic mass is 16.5. The number of nitrogens with zero attached hydrogens (tertiary/aromatic N) is 2. The maximum atomic E-state index is 13.2. The van der Waals surface area contributed by atoms with Gasteiger partial charge in [-0.3, -0.25) is 9.69 Å². The van der Waals surface area contributed by atoms with Crippen molar-refractivity contribution in [3.05, 3.63) is 66.1 Å². The summed E-state index contributed by atoms with van der Waals surface area (Å²) in [6, 6.07) is 15.2. The molecule has 1 aromatic heterocycles. The molecule has 1 aliphatic rings. The lowest BCUT2D eigenvalue weighted by Crippen LogP contribution is -2.49. The van der Waals surface area contributed by atoms with Crippen molar-refractivity contribution >= 4 is 11.6 Å². The quantitative estimate of drug-likeness (QED) is 0.457.